The fourth-order valence-electron chi connectivity index (χ4n) is 8.70. The van der Waals surface area contributed by atoms with Crippen LogP contribution in [0.2, 0.25) is 0 Å². The highest BCUT2D eigenvalue weighted by molar-refractivity contribution is 5.71. The van der Waals surface area contributed by atoms with Crippen molar-refractivity contribution in [2.45, 2.75) is 322 Å². The topological polar surface area (TPSA) is 78.9 Å². The van der Waals surface area contributed by atoms with Crippen molar-refractivity contribution in [3.8, 4) is 0 Å². The zero-order valence-electron chi connectivity index (χ0n) is 46.1. The van der Waals surface area contributed by atoms with Gasteiger partial charge in [-0.25, -0.2) is 0 Å². The second kappa shape index (κ2) is 57.9. The Morgan fingerprint density at radius 3 is 0.841 bits per heavy atom. The van der Waals surface area contributed by atoms with E-state index in [0.717, 1.165) is 77.0 Å². The van der Waals surface area contributed by atoms with Crippen LogP contribution in [0.5, 0.6) is 0 Å². The molecule has 0 aliphatic heterocycles. The molecule has 402 valence electrons. The predicted molar refractivity (Wildman–Crippen MR) is 298 cm³/mol. The third-order valence-corrected chi connectivity index (χ3v) is 13.3. The van der Waals surface area contributed by atoms with Gasteiger partial charge in [0, 0.05) is 19.3 Å². The summed E-state index contributed by atoms with van der Waals surface area (Å²) in [7, 11) is 0. The third kappa shape index (κ3) is 56.2. The summed E-state index contributed by atoms with van der Waals surface area (Å²) in [5, 5.41) is 0. The lowest BCUT2D eigenvalue weighted by Crippen LogP contribution is -2.30. The van der Waals surface area contributed by atoms with Gasteiger partial charge in [-0.15, -0.1) is 0 Å². The van der Waals surface area contributed by atoms with Crippen molar-refractivity contribution in [2.24, 2.45) is 0 Å². The summed E-state index contributed by atoms with van der Waals surface area (Å²) in [6, 6.07) is 0. The molecular formula is C63H114O6. The first-order valence-corrected chi connectivity index (χ1v) is 30.1. The maximum absolute atomic E-state index is 12.9. The van der Waals surface area contributed by atoms with Crippen LogP contribution >= 0.6 is 0 Å². The summed E-state index contributed by atoms with van der Waals surface area (Å²) in [6.45, 7) is 6.62. The summed E-state index contributed by atoms with van der Waals surface area (Å²) in [5.41, 5.74) is 0. The summed E-state index contributed by atoms with van der Waals surface area (Å²) < 4.78 is 16.9. The average molecular weight is 968 g/mol. The standard InChI is InChI=1S/C63H114O6/c1-4-7-10-13-16-19-22-25-27-29-30-31-32-33-34-35-37-38-41-44-47-50-53-56-62(65)68-59-60(58-67-61(64)55-52-49-46-43-40-24-21-18-15-12-9-6-3)69-63(66)57-54-51-48-45-42-39-36-28-26-23-20-17-14-11-8-5-2/h18,21-22,25,28-30,36,60H,4-17,19-20,23-24,26-27,31-35,37-59H2,1-3H3/b21-18-,25-22-,30-29-,36-28-. The van der Waals surface area contributed by atoms with Gasteiger partial charge in [0.15, 0.2) is 6.10 Å². The van der Waals surface area contributed by atoms with Crippen LogP contribution in [-0.2, 0) is 28.6 Å². The minimum absolute atomic E-state index is 0.0783. The molecule has 6 nitrogen and oxygen atoms in total. The SMILES string of the molecule is CCCCC/C=C\CCCCCCCC(=O)OCC(COC(=O)CCCCCCCCCCCCC/C=C\C/C=C\CCCCCCC)OC(=O)CCCCCCC/C=C\CCCCCCCCC. The zero-order chi connectivity index (χ0) is 50.0. The Bertz CT molecular complexity index is 1200. The van der Waals surface area contributed by atoms with Crippen molar-refractivity contribution in [1.29, 1.82) is 0 Å². The predicted octanol–water partition coefficient (Wildman–Crippen LogP) is 20.2. The molecule has 1 atom stereocenters. The van der Waals surface area contributed by atoms with Gasteiger partial charge in [-0.05, 0) is 103 Å². The second-order valence-corrected chi connectivity index (χ2v) is 20.2. The molecule has 0 heterocycles. The number of allylic oxidation sites excluding steroid dienone is 8. The Labute approximate surface area is 428 Å². The molecule has 0 aromatic carbocycles. The van der Waals surface area contributed by atoms with Crippen molar-refractivity contribution >= 4 is 17.9 Å². The lowest BCUT2D eigenvalue weighted by Gasteiger charge is -2.18. The van der Waals surface area contributed by atoms with Crippen molar-refractivity contribution in [2.75, 3.05) is 13.2 Å². The Morgan fingerprint density at radius 2 is 0.522 bits per heavy atom. The minimum Gasteiger partial charge on any atom is -0.462 e. The van der Waals surface area contributed by atoms with Gasteiger partial charge in [0.2, 0.25) is 0 Å². The maximum Gasteiger partial charge on any atom is 0.306 e. The largest absolute Gasteiger partial charge is 0.462 e. The number of ether oxygens (including phenoxy) is 3. The first-order valence-electron chi connectivity index (χ1n) is 30.1. The van der Waals surface area contributed by atoms with Gasteiger partial charge in [0.25, 0.3) is 0 Å². The Kier molecular flexibility index (Phi) is 55.7. The van der Waals surface area contributed by atoms with Crippen molar-refractivity contribution in [1.82, 2.24) is 0 Å². The number of rotatable bonds is 55. The quantitative estimate of drug-likeness (QED) is 0.0262. The Morgan fingerprint density at radius 1 is 0.290 bits per heavy atom. The van der Waals surface area contributed by atoms with Gasteiger partial charge in [-0.1, -0.05) is 243 Å². The van der Waals surface area contributed by atoms with E-state index in [1.54, 1.807) is 0 Å². The molecule has 1 unspecified atom stereocenters. The molecule has 6 heteroatoms. The summed E-state index contributed by atoms with van der Waals surface area (Å²) in [6.07, 6.45) is 71.1. The van der Waals surface area contributed by atoms with Crippen LogP contribution in [0.1, 0.15) is 316 Å². The molecule has 0 aliphatic rings. The molecule has 0 bridgehead atoms. The van der Waals surface area contributed by atoms with Crippen molar-refractivity contribution in [3.63, 3.8) is 0 Å². The molecule has 0 N–H and O–H groups in total. The Balaban J connectivity index is 4.29. The van der Waals surface area contributed by atoms with E-state index in [2.05, 4.69) is 69.4 Å². The number of hydrogen-bond acceptors (Lipinski definition) is 6. The maximum atomic E-state index is 12.9. The number of unbranched alkanes of at least 4 members (excludes halogenated alkanes) is 36. The number of esters is 3. The smallest absolute Gasteiger partial charge is 0.306 e. The summed E-state index contributed by atoms with van der Waals surface area (Å²) >= 11 is 0. The van der Waals surface area contributed by atoms with E-state index < -0.39 is 6.10 Å². The van der Waals surface area contributed by atoms with Crippen molar-refractivity contribution < 1.29 is 28.6 Å². The average Bonchev–Trinajstić information content (AvgIpc) is 3.35. The molecule has 0 rings (SSSR count). The number of carbonyl (C=O) groups is 3. The van der Waals surface area contributed by atoms with E-state index in [4.69, 9.17) is 14.2 Å². The van der Waals surface area contributed by atoms with Gasteiger partial charge >= 0.3 is 17.9 Å². The Hall–Kier alpha value is -2.63. The number of hydrogen-bond donors (Lipinski definition) is 0. The first kappa shape index (κ1) is 66.4. The van der Waals surface area contributed by atoms with E-state index in [1.807, 2.05) is 0 Å². The lowest BCUT2D eigenvalue weighted by molar-refractivity contribution is -0.167. The molecule has 0 spiro atoms. The minimum atomic E-state index is -0.780. The third-order valence-electron chi connectivity index (χ3n) is 13.3. The molecular weight excluding hydrogens is 853 g/mol. The molecule has 0 aliphatic carbocycles. The molecule has 0 radical (unpaired) electrons. The fraction of sp³-hybridized carbons (Fsp3) is 0.825. The molecule has 0 aromatic rings. The van der Waals surface area contributed by atoms with Gasteiger partial charge in [0.05, 0.1) is 0 Å². The molecule has 0 amide bonds. The number of carbonyl (C=O) groups excluding carboxylic acids is 3. The van der Waals surface area contributed by atoms with Gasteiger partial charge in [0.1, 0.15) is 13.2 Å². The molecule has 0 saturated heterocycles. The van der Waals surface area contributed by atoms with Crippen LogP contribution in [0.3, 0.4) is 0 Å². The van der Waals surface area contributed by atoms with Crippen molar-refractivity contribution in [3.05, 3.63) is 48.6 Å². The first-order chi connectivity index (χ1) is 34.0. The highest BCUT2D eigenvalue weighted by Crippen LogP contribution is 2.16. The van der Waals surface area contributed by atoms with Crippen LogP contribution in [-0.4, -0.2) is 37.2 Å². The van der Waals surface area contributed by atoms with Gasteiger partial charge in [-0.2, -0.15) is 0 Å². The van der Waals surface area contributed by atoms with Crippen LogP contribution < -0.4 is 0 Å². The van der Waals surface area contributed by atoms with Crippen LogP contribution in [0.15, 0.2) is 48.6 Å². The zero-order valence-corrected chi connectivity index (χ0v) is 46.1. The monoisotopic (exact) mass is 967 g/mol. The highest BCUT2D eigenvalue weighted by atomic mass is 16.6. The van der Waals surface area contributed by atoms with Crippen LogP contribution in [0.4, 0.5) is 0 Å². The fourth-order valence-corrected chi connectivity index (χ4v) is 8.70. The molecule has 0 aromatic heterocycles. The molecule has 0 saturated carbocycles. The van der Waals surface area contributed by atoms with Crippen LogP contribution in [0.25, 0.3) is 0 Å². The van der Waals surface area contributed by atoms with Gasteiger partial charge < -0.3 is 14.2 Å². The van der Waals surface area contributed by atoms with Crippen LogP contribution in [0, 0.1) is 0 Å². The van der Waals surface area contributed by atoms with E-state index in [9.17, 15) is 14.4 Å². The second-order valence-electron chi connectivity index (χ2n) is 20.2. The summed E-state index contributed by atoms with van der Waals surface area (Å²) in [5.74, 6) is -0.884. The summed E-state index contributed by atoms with van der Waals surface area (Å²) in [4.78, 5) is 38.2. The lowest BCUT2D eigenvalue weighted by atomic mass is 10.0. The van der Waals surface area contributed by atoms with E-state index in [0.29, 0.717) is 19.3 Å². The molecule has 69 heavy (non-hydrogen) atoms. The van der Waals surface area contributed by atoms with E-state index in [-0.39, 0.29) is 31.1 Å². The van der Waals surface area contributed by atoms with E-state index >= 15 is 0 Å². The highest BCUT2D eigenvalue weighted by Gasteiger charge is 2.19. The van der Waals surface area contributed by atoms with Gasteiger partial charge in [-0.3, -0.25) is 14.4 Å². The normalized spacial score (nSPS) is 12.3. The van der Waals surface area contributed by atoms with E-state index in [1.165, 1.54) is 199 Å². The molecule has 0 fully saturated rings.